The van der Waals surface area contributed by atoms with Crippen molar-refractivity contribution < 1.29 is 0 Å². The zero-order valence-electron chi connectivity index (χ0n) is 38.8. The number of rotatable bonds is 7. The van der Waals surface area contributed by atoms with E-state index in [9.17, 15) is 0 Å². The quantitative estimate of drug-likeness (QED) is 0.160. The second kappa shape index (κ2) is 16.7. The average Bonchev–Trinajstić information content (AvgIpc) is 3.92. The number of fused-ring (bicyclic) bond motifs is 7. The van der Waals surface area contributed by atoms with Gasteiger partial charge in [-0.25, -0.2) is 15.0 Å². The fourth-order valence-electron chi connectivity index (χ4n) is 10.8. The van der Waals surface area contributed by atoms with Crippen molar-refractivity contribution in [1.29, 1.82) is 0 Å². The van der Waals surface area contributed by atoms with Gasteiger partial charge in [0.1, 0.15) is 5.82 Å². The van der Waals surface area contributed by atoms with E-state index in [0.717, 1.165) is 63.7 Å². The first kappa shape index (κ1) is 41.3. The molecular formula is C64H48N6. The molecule has 6 nitrogen and oxygen atoms in total. The van der Waals surface area contributed by atoms with Crippen LogP contribution in [0, 0.1) is 0 Å². The number of para-hydroxylation sites is 3. The topological polar surface area (TPSA) is 51.8 Å². The van der Waals surface area contributed by atoms with E-state index in [1.807, 2.05) is 18.2 Å². The number of hydrogen-bond donors (Lipinski definition) is 0. The molecule has 7 aromatic carbocycles. The molecule has 3 aliphatic rings. The summed E-state index contributed by atoms with van der Waals surface area (Å²) >= 11 is 0. The van der Waals surface area contributed by atoms with Crippen LogP contribution < -0.4 is 15.5 Å². The van der Waals surface area contributed by atoms with Gasteiger partial charge in [0.2, 0.25) is 0 Å². The van der Waals surface area contributed by atoms with Gasteiger partial charge in [-0.2, -0.15) is 0 Å². The lowest BCUT2D eigenvalue weighted by molar-refractivity contribution is 0.652. The maximum atomic E-state index is 5.07. The predicted molar refractivity (Wildman–Crippen MR) is 290 cm³/mol. The Morgan fingerprint density at radius 3 is 2.04 bits per heavy atom. The summed E-state index contributed by atoms with van der Waals surface area (Å²) in [7, 11) is 0. The van der Waals surface area contributed by atoms with Crippen molar-refractivity contribution in [2.24, 2.45) is 0 Å². The first-order valence-corrected chi connectivity index (χ1v) is 24.1. The monoisotopic (exact) mass is 900 g/mol. The van der Waals surface area contributed by atoms with E-state index in [1.165, 1.54) is 48.8 Å². The number of aromatic nitrogens is 5. The van der Waals surface area contributed by atoms with E-state index in [2.05, 4.69) is 240 Å². The highest BCUT2D eigenvalue weighted by atomic mass is 15.1. The summed E-state index contributed by atoms with van der Waals surface area (Å²) in [6, 6.07) is 61.0. The fraction of sp³-hybridized carbons (Fsp3) is 0.0781. The Morgan fingerprint density at radius 1 is 0.571 bits per heavy atom. The minimum absolute atomic E-state index is 0.1000. The predicted octanol–water partition coefficient (Wildman–Crippen LogP) is 14.0. The number of anilines is 2. The van der Waals surface area contributed by atoms with Gasteiger partial charge in [-0.05, 0) is 109 Å². The Morgan fingerprint density at radius 2 is 1.24 bits per heavy atom. The molecule has 70 heavy (non-hydrogen) atoms. The van der Waals surface area contributed by atoms with Crippen LogP contribution in [0.15, 0.2) is 225 Å². The van der Waals surface area contributed by atoms with Crippen LogP contribution in [-0.4, -0.2) is 24.1 Å². The molecular weight excluding hydrogens is 853 g/mol. The normalized spacial score (nSPS) is 18.2. The Balaban J connectivity index is 0.916. The van der Waals surface area contributed by atoms with Crippen molar-refractivity contribution in [3.8, 4) is 34.2 Å². The van der Waals surface area contributed by atoms with Crippen LogP contribution >= 0.6 is 0 Å². The Kier molecular flexibility index (Phi) is 9.87. The molecule has 0 spiro atoms. The number of benzene rings is 7. The van der Waals surface area contributed by atoms with Gasteiger partial charge in [0.25, 0.3) is 0 Å². The minimum Gasteiger partial charge on any atom is -0.317 e. The highest BCUT2D eigenvalue weighted by Crippen LogP contribution is 2.42. The lowest BCUT2D eigenvalue weighted by atomic mass is 9.76. The molecule has 1 aliphatic heterocycles. The second-order valence-corrected chi connectivity index (χ2v) is 18.7. The van der Waals surface area contributed by atoms with E-state index in [1.54, 1.807) is 0 Å². The first-order chi connectivity index (χ1) is 34.5. The fourth-order valence-corrected chi connectivity index (χ4v) is 10.8. The van der Waals surface area contributed by atoms with Crippen LogP contribution in [0.5, 0.6) is 0 Å². The molecule has 6 heteroatoms. The van der Waals surface area contributed by atoms with Crippen molar-refractivity contribution >= 4 is 61.8 Å². The molecule has 3 aromatic heterocycles. The Hall–Kier alpha value is -8.87. The third-order valence-corrected chi connectivity index (χ3v) is 14.4. The van der Waals surface area contributed by atoms with Gasteiger partial charge in [0, 0.05) is 78.0 Å². The standard InChI is InChI=1S/C64H48N6/c1-43-18-16-17-39-68(56-27-14-12-25-51(43)56)50-34-36-59-54(41-50)53-40-47(31-35-58(53)69(59)48-23-10-5-11-24-48)64(2)38-37-60-55(42-64)52-26-13-15-28-57(52)70(60)49-32-29-46(30-33-49)63-66-61(44-19-6-3-7-20-44)65-62(67-63)45-21-8-4-9-22-45/h3-21,23-37,39-42,45H,1,22,38H2,2H3/b18-16-,39-17-. The van der Waals surface area contributed by atoms with Gasteiger partial charge in [-0.15, -0.1) is 0 Å². The molecule has 0 saturated carbocycles. The number of nitrogens with zero attached hydrogens (tertiary/aromatic N) is 6. The van der Waals surface area contributed by atoms with Gasteiger partial charge in [0.15, 0.2) is 11.6 Å². The summed E-state index contributed by atoms with van der Waals surface area (Å²) in [5.41, 5.74) is 13.0. The SMILES string of the molecule is C=C1/C=C\C=C/N(c2ccc3c(c2)c2cc(C4(C)C=c5c(n(-c6ccc(-c7nc(-c8ccccc8)nc(C8C=CC=CC8)n7)cc6)c6ccccc56)=CC4)ccc2n3-c2ccccc2)c2ccccc21. The van der Waals surface area contributed by atoms with Crippen molar-refractivity contribution in [3.05, 3.63) is 253 Å². The van der Waals surface area contributed by atoms with Crippen LogP contribution in [0.1, 0.15) is 42.6 Å². The second-order valence-electron chi connectivity index (χ2n) is 18.7. The zero-order valence-corrected chi connectivity index (χ0v) is 38.8. The molecule has 0 saturated heterocycles. The largest absolute Gasteiger partial charge is 0.317 e. The van der Waals surface area contributed by atoms with E-state index in [4.69, 9.17) is 15.0 Å². The maximum absolute atomic E-state index is 5.07. The number of allylic oxidation sites excluding steroid dienone is 8. The molecule has 0 N–H and O–H groups in total. The van der Waals surface area contributed by atoms with E-state index in [0.29, 0.717) is 11.6 Å². The van der Waals surface area contributed by atoms with Crippen LogP contribution in [-0.2, 0) is 5.41 Å². The van der Waals surface area contributed by atoms with Gasteiger partial charge < -0.3 is 14.0 Å². The van der Waals surface area contributed by atoms with Crippen LogP contribution in [0.4, 0.5) is 11.4 Å². The molecule has 2 unspecified atom stereocenters. The van der Waals surface area contributed by atoms with Crippen molar-refractivity contribution in [2.75, 3.05) is 4.90 Å². The number of hydrogen-bond acceptors (Lipinski definition) is 4. The highest BCUT2D eigenvalue weighted by Gasteiger charge is 2.29. The zero-order chi connectivity index (χ0) is 46.8. The molecule has 0 radical (unpaired) electrons. The smallest absolute Gasteiger partial charge is 0.163 e. The highest BCUT2D eigenvalue weighted by molar-refractivity contribution is 6.11. The van der Waals surface area contributed by atoms with Crippen LogP contribution in [0.2, 0.25) is 0 Å². The van der Waals surface area contributed by atoms with Gasteiger partial charge in [-0.3, -0.25) is 0 Å². The van der Waals surface area contributed by atoms with Crippen LogP contribution in [0.3, 0.4) is 0 Å². The summed E-state index contributed by atoms with van der Waals surface area (Å²) in [5.74, 6) is 2.25. The third-order valence-electron chi connectivity index (χ3n) is 14.4. The molecule has 2 aliphatic carbocycles. The summed E-state index contributed by atoms with van der Waals surface area (Å²) < 4.78 is 4.82. The van der Waals surface area contributed by atoms with Crippen molar-refractivity contribution in [2.45, 2.75) is 31.1 Å². The van der Waals surface area contributed by atoms with Crippen LogP contribution in [0.25, 0.3) is 84.6 Å². The summed E-state index contributed by atoms with van der Waals surface area (Å²) in [5, 5.41) is 6.13. The Labute approximate surface area is 406 Å². The van der Waals surface area contributed by atoms with E-state index >= 15 is 0 Å². The van der Waals surface area contributed by atoms with Gasteiger partial charge in [0.05, 0.1) is 22.2 Å². The maximum Gasteiger partial charge on any atom is 0.163 e. The molecule has 0 fully saturated rings. The summed E-state index contributed by atoms with van der Waals surface area (Å²) in [6.45, 7) is 6.79. The lowest BCUT2D eigenvalue weighted by Gasteiger charge is -2.28. The molecule has 2 atom stereocenters. The molecule has 0 amide bonds. The summed E-state index contributed by atoms with van der Waals surface area (Å²) in [6.07, 6.45) is 23.6. The van der Waals surface area contributed by atoms with E-state index in [-0.39, 0.29) is 11.3 Å². The first-order valence-electron chi connectivity index (χ1n) is 24.1. The van der Waals surface area contributed by atoms with Crippen molar-refractivity contribution in [3.63, 3.8) is 0 Å². The minimum atomic E-state index is -0.271. The third kappa shape index (κ3) is 6.99. The molecule has 334 valence electrons. The molecule has 10 aromatic rings. The molecule has 4 heterocycles. The summed E-state index contributed by atoms with van der Waals surface area (Å²) in [4.78, 5) is 17.4. The lowest BCUT2D eigenvalue weighted by Crippen LogP contribution is -2.36. The average molecular weight is 901 g/mol. The van der Waals surface area contributed by atoms with Gasteiger partial charge >= 0.3 is 0 Å². The Bertz CT molecular complexity index is 3980. The molecule has 0 bridgehead atoms. The van der Waals surface area contributed by atoms with E-state index < -0.39 is 0 Å². The van der Waals surface area contributed by atoms with Gasteiger partial charge in [-0.1, -0.05) is 153 Å². The van der Waals surface area contributed by atoms with Crippen molar-refractivity contribution in [1.82, 2.24) is 24.1 Å². The molecule has 13 rings (SSSR count).